The third kappa shape index (κ3) is 1.23. The van der Waals surface area contributed by atoms with E-state index in [0.29, 0.717) is 5.92 Å². The molecular weight excluding hydrogens is 155 g/mol. The van der Waals surface area contributed by atoms with Gasteiger partial charge in [0.1, 0.15) is 5.82 Å². The molecule has 1 saturated carbocycles. The smallest absolute Gasteiger partial charge is 0.126 e. The van der Waals surface area contributed by atoms with Crippen LogP contribution in [0.25, 0.3) is 0 Å². The summed E-state index contributed by atoms with van der Waals surface area (Å²) in [6, 6.07) is 6.80. The molecule has 0 aliphatic heterocycles. The van der Waals surface area contributed by atoms with Gasteiger partial charge in [0, 0.05) is 6.61 Å². The van der Waals surface area contributed by atoms with Crippen molar-refractivity contribution >= 4 is 0 Å². The van der Waals surface area contributed by atoms with Crippen molar-refractivity contribution in [3.8, 4) is 0 Å². The lowest BCUT2D eigenvalue weighted by Gasteiger charge is -1.99. The van der Waals surface area contributed by atoms with Gasteiger partial charge < -0.3 is 5.11 Å². The minimum absolute atomic E-state index is 0.140. The second kappa shape index (κ2) is 2.87. The van der Waals surface area contributed by atoms with E-state index in [4.69, 9.17) is 5.11 Å². The van der Waals surface area contributed by atoms with E-state index in [1.54, 1.807) is 12.1 Å². The predicted octanol–water partition coefficient (Wildman–Crippen LogP) is 1.92. The van der Waals surface area contributed by atoms with Crippen LogP contribution < -0.4 is 0 Å². The van der Waals surface area contributed by atoms with E-state index in [0.717, 1.165) is 12.0 Å². The van der Waals surface area contributed by atoms with Gasteiger partial charge in [-0.25, -0.2) is 4.39 Å². The van der Waals surface area contributed by atoms with Crippen LogP contribution in [-0.4, -0.2) is 11.7 Å². The van der Waals surface area contributed by atoms with E-state index in [-0.39, 0.29) is 18.3 Å². The van der Waals surface area contributed by atoms with Crippen LogP contribution in [0, 0.1) is 11.7 Å². The van der Waals surface area contributed by atoms with Gasteiger partial charge in [0.2, 0.25) is 0 Å². The van der Waals surface area contributed by atoms with Crippen molar-refractivity contribution in [1.29, 1.82) is 0 Å². The molecule has 0 amide bonds. The first kappa shape index (κ1) is 7.74. The van der Waals surface area contributed by atoms with Crippen LogP contribution in [0.2, 0.25) is 0 Å². The van der Waals surface area contributed by atoms with Crippen LogP contribution in [0.5, 0.6) is 0 Å². The molecule has 64 valence electrons. The van der Waals surface area contributed by atoms with Gasteiger partial charge in [0.15, 0.2) is 0 Å². The van der Waals surface area contributed by atoms with Crippen molar-refractivity contribution in [2.45, 2.75) is 12.3 Å². The summed E-state index contributed by atoms with van der Waals surface area (Å²) in [5.74, 6) is 0.413. The van der Waals surface area contributed by atoms with Gasteiger partial charge in [0.25, 0.3) is 0 Å². The van der Waals surface area contributed by atoms with Gasteiger partial charge in [-0.05, 0) is 29.9 Å². The zero-order chi connectivity index (χ0) is 8.55. The van der Waals surface area contributed by atoms with Gasteiger partial charge in [-0.1, -0.05) is 18.2 Å². The largest absolute Gasteiger partial charge is 0.396 e. The van der Waals surface area contributed by atoms with E-state index >= 15 is 0 Å². The summed E-state index contributed by atoms with van der Waals surface area (Å²) in [5, 5.41) is 8.81. The van der Waals surface area contributed by atoms with Gasteiger partial charge in [0.05, 0.1) is 0 Å². The molecule has 0 bridgehead atoms. The molecule has 1 aromatic carbocycles. The Labute approximate surface area is 70.8 Å². The molecule has 1 aliphatic carbocycles. The number of benzene rings is 1. The summed E-state index contributed by atoms with van der Waals surface area (Å²) in [6.07, 6.45) is 0.928. The molecule has 1 aromatic rings. The van der Waals surface area contributed by atoms with E-state index in [1.807, 2.05) is 6.07 Å². The fourth-order valence-electron chi connectivity index (χ4n) is 1.61. The zero-order valence-electron chi connectivity index (χ0n) is 6.70. The second-order valence-corrected chi connectivity index (χ2v) is 3.31. The Morgan fingerprint density at radius 3 is 2.75 bits per heavy atom. The summed E-state index contributed by atoms with van der Waals surface area (Å²) < 4.78 is 13.1. The molecule has 2 atom stereocenters. The maximum Gasteiger partial charge on any atom is 0.126 e. The fourth-order valence-corrected chi connectivity index (χ4v) is 1.61. The van der Waals surface area contributed by atoms with E-state index < -0.39 is 0 Å². The molecule has 0 unspecified atom stereocenters. The van der Waals surface area contributed by atoms with Gasteiger partial charge in [-0.3, -0.25) is 0 Å². The monoisotopic (exact) mass is 166 g/mol. The summed E-state index contributed by atoms with van der Waals surface area (Å²) in [5.41, 5.74) is 0.761. The molecular formula is C10H11FO. The first-order valence-electron chi connectivity index (χ1n) is 4.18. The van der Waals surface area contributed by atoms with E-state index in [2.05, 4.69) is 0 Å². The summed E-state index contributed by atoms with van der Waals surface area (Å²) >= 11 is 0. The topological polar surface area (TPSA) is 20.2 Å². The molecule has 0 spiro atoms. The first-order chi connectivity index (χ1) is 5.83. The van der Waals surface area contributed by atoms with Crippen LogP contribution >= 0.6 is 0 Å². The number of hydrogen-bond donors (Lipinski definition) is 1. The SMILES string of the molecule is OC[C@@H]1C[C@@H]1c1ccccc1F. The van der Waals surface area contributed by atoms with Crippen LogP contribution in [0.3, 0.4) is 0 Å². The van der Waals surface area contributed by atoms with Gasteiger partial charge in [-0.2, -0.15) is 0 Å². The van der Waals surface area contributed by atoms with Crippen molar-refractivity contribution < 1.29 is 9.50 Å². The maximum absolute atomic E-state index is 13.1. The summed E-state index contributed by atoms with van der Waals surface area (Å²) in [4.78, 5) is 0. The van der Waals surface area contributed by atoms with Crippen LogP contribution in [-0.2, 0) is 0 Å². The average molecular weight is 166 g/mol. The number of halogens is 1. The molecule has 1 nitrogen and oxygen atoms in total. The molecule has 1 fully saturated rings. The zero-order valence-corrected chi connectivity index (χ0v) is 6.70. The van der Waals surface area contributed by atoms with Crippen molar-refractivity contribution in [3.63, 3.8) is 0 Å². The minimum atomic E-state index is -0.140. The molecule has 1 N–H and O–H groups in total. The van der Waals surface area contributed by atoms with E-state index in [9.17, 15) is 4.39 Å². The molecule has 0 radical (unpaired) electrons. The molecule has 12 heavy (non-hydrogen) atoms. The molecule has 0 aromatic heterocycles. The Bertz CT molecular complexity index is 285. The Balaban J connectivity index is 2.19. The first-order valence-corrected chi connectivity index (χ1v) is 4.18. The van der Waals surface area contributed by atoms with Crippen molar-refractivity contribution in [2.75, 3.05) is 6.61 Å². The van der Waals surface area contributed by atoms with Crippen LogP contribution in [0.4, 0.5) is 4.39 Å². The lowest BCUT2D eigenvalue weighted by Crippen LogP contribution is -1.91. The molecule has 2 heteroatoms. The average Bonchev–Trinajstić information content (AvgIpc) is 2.84. The molecule has 1 aliphatic rings. The fraction of sp³-hybridized carbons (Fsp3) is 0.400. The van der Waals surface area contributed by atoms with Gasteiger partial charge in [-0.15, -0.1) is 0 Å². The standard InChI is InChI=1S/C10H11FO/c11-10-4-2-1-3-8(10)9-5-7(9)6-12/h1-4,7,9,12H,5-6H2/t7-,9-/m0/s1. The predicted molar refractivity (Wildman–Crippen MR) is 44.3 cm³/mol. The van der Waals surface area contributed by atoms with Crippen molar-refractivity contribution in [2.24, 2.45) is 5.92 Å². The highest BCUT2D eigenvalue weighted by Crippen LogP contribution is 2.47. The molecule has 0 saturated heterocycles. The maximum atomic E-state index is 13.1. The lowest BCUT2D eigenvalue weighted by molar-refractivity contribution is 0.273. The third-order valence-electron chi connectivity index (χ3n) is 2.46. The van der Waals surface area contributed by atoms with Crippen LogP contribution in [0.1, 0.15) is 17.9 Å². The number of aliphatic hydroxyl groups excluding tert-OH is 1. The van der Waals surface area contributed by atoms with Crippen molar-refractivity contribution in [3.05, 3.63) is 35.6 Å². The second-order valence-electron chi connectivity index (χ2n) is 3.31. The Morgan fingerprint density at radius 2 is 2.17 bits per heavy atom. The highest BCUT2D eigenvalue weighted by atomic mass is 19.1. The Morgan fingerprint density at radius 1 is 1.42 bits per heavy atom. The van der Waals surface area contributed by atoms with Gasteiger partial charge >= 0.3 is 0 Å². The van der Waals surface area contributed by atoms with E-state index in [1.165, 1.54) is 6.07 Å². The Kier molecular flexibility index (Phi) is 1.85. The summed E-state index contributed by atoms with van der Waals surface area (Å²) in [7, 11) is 0. The highest BCUT2D eigenvalue weighted by molar-refractivity contribution is 5.27. The molecule has 2 rings (SSSR count). The summed E-state index contributed by atoms with van der Waals surface area (Å²) in [6.45, 7) is 0.180. The Hall–Kier alpha value is -0.890. The number of hydrogen-bond acceptors (Lipinski definition) is 1. The third-order valence-corrected chi connectivity index (χ3v) is 2.46. The lowest BCUT2D eigenvalue weighted by atomic mass is 10.1. The molecule has 0 heterocycles. The number of rotatable bonds is 2. The quantitative estimate of drug-likeness (QED) is 0.711. The highest BCUT2D eigenvalue weighted by Gasteiger charge is 2.38. The normalized spacial score (nSPS) is 27.2. The van der Waals surface area contributed by atoms with Crippen molar-refractivity contribution in [1.82, 2.24) is 0 Å². The van der Waals surface area contributed by atoms with Crippen LogP contribution in [0.15, 0.2) is 24.3 Å². The minimum Gasteiger partial charge on any atom is -0.396 e. The number of aliphatic hydroxyl groups is 1.